The number of nitrogens with zero attached hydrogens (tertiary/aromatic N) is 1. The molecule has 1 saturated heterocycles. The second kappa shape index (κ2) is 5.11. The van der Waals surface area contributed by atoms with Crippen molar-refractivity contribution in [2.24, 2.45) is 5.73 Å². The van der Waals surface area contributed by atoms with Crippen molar-refractivity contribution in [1.82, 2.24) is 0 Å². The van der Waals surface area contributed by atoms with Gasteiger partial charge in [0.2, 0.25) is 0 Å². The van der Waals surface area contributed by atoms with Gasteiger partial charge in [0.05, 0.1) is 0 Å². The summed E-state index contributed by atoms with van der Waals surface area (Å²) in [4.78, 5) is 2.48. The minimum atomic E-state index is 0.628. The summed E-state index contributed by atoms with van der Waals surface area (Å²) in [5.74, 6) is 0. The van der Waals surface area contributed by atoms with Crippen molar-refractivity contribution >= 4 is 17.4 Å². The molecule has 0 amide bonds. The monoisotopic (exact) mass is 236 g/mol. The van der Waals surface area contributed by atoms with Gasteiger partial charge in [-0.3, -0.25) is 0 Å². The molecule has 1 aliphatic rings. The van der Waals surface area contributed by atoms with Crippen molar-refractivity contribution in [2.75, 3.05) is 18.0 Å². The van der Waals surface area contributed by atoms with E-state index < -0.39 is 0 Å². The van der Waals surface area contributed by atoms with Gasteiger partial charge in [-0.15, -0.1) is 0 Å². The molecule has 2 rings (SSSR count). The first kappa shape index (κ1) is 11.8. The third kappa shape index (κ3) is 2.53. The van der Waals surface area contributed by atoms with E-state index in [1.807, 2.05) is 0 Å². The second-order valence-corrected chi connectivity index (χ2v) is 6.38. The van der Waals surface area contributed by atoms with Gasteiger partial charge < -0.3 is 10.6 Å². The lowest BCUT2D eigenvalue weighted by Gasteiger charge is -2.37. The van der Waals surface area contributed by atoms with Gasteiger partial charge in [0.25, 0.3) is 0 Å². The molecule has 0 aliphatic carbocycles. The first-order valence-electron chi connectivity index (χ1n) is 5.89. The summed E-state index contributed by atoms with van der Waals surface area (Å²) in [5.41, 5.74) is 8.38. The summed E-state index contributed by atoms with van der Waals surface area (Å²) in [6.45, 7) is 7.50. The summed E-state index contributed by atoms with van der Waals surface area (Å²) in [6.07, 6.45) is 0. The second-order valence-electron chi connectivity index (χ2n) is 4.50. The van der Waals surface area contributed by atoms with E-state index in [1.54, 1.807) is 0 Å². The average molecular weight is 236 g/mol. The highest BCUT2D eigenvalue weighted by molar-refractivity contribution is 8.00. The number of thioether (sulfide) groups is 1. The van der Waals surface area contributed by atoms with Crippen molar-refractivity contribution in [1.29, 1.82) is 0 Å². The Morgan fingerprint density at radius 1 is 1.25 bits per heavy atom. The molecule has 2 nitrogen and oxygen atoms in total. The summed E-state index contributed by atoms with van der Waals surface area (Å²) in [5, 5.41) is 1.41. The highest BCUT2D eigenvalue weighted by atomic mass is 32.2. The molecule has 2 atom stereocenters. The Morgan fingerprint density at radius 2 is 1.88 bits per heavy atom. The molecule has 3 heteroatoms. The zero-order valence-corrected chi connectivity index (χ0v) is 10.8. The number of anilines is 1. The molecule has 16 heavy (non-hydrogen) atoms. The Morgan fingerprint density at radius 3 is 2.50 bits per heavy atom. The molecule has 1 aromatic carbocycles. The Bertz CT molecular complexity index is 344. The Hall–Kier alpha value is -0.670. The van der Waals surface area contributed by atoms with Gasteiger partial charge >= 0.3 is 0 Å². The van der Waals surface area contributed by atoms with Gasteiger partial charge in [-0.25, -0.2) is 0 Å². The van der Waals surface area contributed by atoms with Crippen LogP contribution >= 0.6 is 11.8 Å². The number of nitrogens with two attached hydrogens (primary N) is 1. The number of hydrogen-bond acceptors (Lipinski definition) is 3. The van der Waals surface area contributed by atoms with E-state index in [9.17, 15) is 0 Å². The predicted molar refractivity (Wildman–Crippen MR) is 73.1 cm³/mol. The van der Waals surface area contributed by atoms with Gasteiger partial charge in [0.15, 0.2) is 0 Å². The smallest absolute Gasteiger partial charge is 0.0412 e. The topological polar surface area (TPSA) is 29.3 Å². The lowest BCUT2D eigenvalue weighted by atomic mass is 10.1. The number of hydrogen-bond donors (Lipinski definition) is 1. The van der Waals surface area contributed by atoms with Crippen LogP contribution in [0.5, 0.6) is 0 Å². The third-order valence-corrected chi connectivity index (χ3v) is 4.20. The maximum atomic E-state index is 5.79. The average Bonchev–Trinajstić information content (AvgIpc) is 2.27. The van der Waals surface area contributed by atoms with Crippen LogP contribution in [0, 0.1) is 0 Å². The van der Waals surface area contributed by atoms with Gasteiger partial charge in [-0.2, -0.15) is 11.8 Å². The molecular formula is C13H20N2S. The quantitative estimate of drug-likeness (QED) is 0.855. The zero-order chi connectivity index (χ0) is 11.5. The molecule has 1 aromatic rings. The molecule has 1 fully saturated rings. The predicted octanol–water partition coefficient (Wildman–Crippen LogP) is 2.48. The van der Waals surface area contributed by atoms with Crippen molar-refractivity contribution in [3.63, 3.8) is 0 Å². The van der Waals surface area contributed by atoms with E-state index in [0.29, 0.717) is 17.0 Å². The van der Waals surface area contributed by atoms with E-state index in [1.165, 1.54) is 11.3 Å². The Balaban J connectivity index is 2.22. The van der Waals surface area contributed by atoms with Crippen LogP contribution in [0.2, 0.25) is 0 Å². The molecule has 0 radical (unpaired) electrons. The Kier molecular flexibility index (Phi) is 3.77. The van der Waals surface area contributed by atoms with Crippen LogP contribution in [0.4, 0.5) is 5.69 Å². The van der Waals surface area contributed by atoms with Crippen LogP contribution in [-0.2, 0) is 6.54 Å². The molecule has 2 N–H and O–H groups in total. The maximum Gasteiger partial charge on any atom is 0.0412 e. The lowest BCUT2D eigenvalue weighted by Crippen LogP contribution is -2.40. The van der Waals surface area contributed by atoms with Crippen LogP contribution < -0.4 is 10.6 Å². The minimum Gasteiger partial charge on any atom is -0.369 e. The van der Waals surface area contributed by atoms with E-state index in [-0.39, 0.29) is 0 Å². The zero-order valence-electron chi connectivity index (χ0n) is 10.0. The normalized spacial score (nSPS) is 25.8. The van der Waals surface area contributed by atoms with Gasteiger partial charge in [-0.05, 0) is 11.6 Å². The molecule has 88 valence electrons. The van der Waals surface area contributed by atoms with Crippen LogP contribution in [-0.4, -0.2) is 23.6 Å². The fourth-order valence-electron chi connectivity index (χ4n) is 2.37. The van der Waals surface area contributed by atoms with Crippen LogP contribution in [0.1, 0.15) is 19.4 Å². The maximum absolute atomic E-state index is 5.79. The van der Waals surface area contributed by atoms with E-state index in [0.717, 1.165) is 13.1 Å². The van der Waals surface area contributed by atoms with E-state index >= 15 is 0 Å². The number of rotatable bonds is 2. The van der Waals surface area contributed by atoms with Crippen LogP contribution in [0.3, 0.4) is 0 Å². The first-order chi connectivity index (χ1) is 7.70. The van der Waals surface area contributed by atoms with Gasteiger partial charge in [-0.1, -0.05) is 32.0 Å². The fraction of sp³-hybridized carbons (Fsp3) is 0.538. The van der Waals surface area contributed by atoms with Crippen LogP contribution in [0.25, 0.3) is 0 Å². The van der Waals surface area contributed by atoms with Crippen molar-refractivity contribution < 1.29 is 0 Å². The molecule has 1 aliphatic heterocycles. The minimum absolute atomic E-state index is 0.628. The lowest BCUT2D eigenvalue weighted by molar-refractivity contribution is 0.724. The summed E-state index contributed by atoms with van der Waals surface area (Å²) in [6, 6.07) is 8.49. The molecule has 1 heterocycles. The molecule has 2 unspecified atom stereocenters. The standard InChI is InChI=1S/C13H20N2S/c1-10-8-15(9-11(2)16-10)13-6-4-3-5-12(13)7-14/h3-6,10-11H,7-9,14H2,1-2H3. The fourth-order valence-corrected chi connectivity index (χ4v) is 3.69. The largest absolute Gasteiger partial charge is 0.369 e. The highest BCUT2D eigenvalue weighted by Crippen LogP contribution is 2.30. The highest BCUT2D eigenvalue weighted by Gasteiger charge is 2.23. The van der Waals surface area contributed by atoms with E-state index in [2.05, 4.69) is 54.8 Å². The SMILES string of the molecule is CC1CN(c2ccccc2CN)CC(C)S1. The molecular weight excluding hydrogens is 216 g/mol. The first-order valence-corrected chi connectivity index (χ1v) is 6.83. The van der Waals surface area contributed by atoms with Crippen molar-refractivity contribution in [3.8, 4) is 0 Å². The number of para-hydroxylation sites is 1. The molecule has 0 bridgehead atoms. The van der Waals surface area contributed by atoms with Crippen molar-refractivity contribution in [3.05, 3.63) is 29.8 Å². The molecule has 0 aromatic heterocycles. The molecule has 0 spiro atoms. The van der Waals surface area contributed by atoms with E-state index in [4.69, 9.17) is 5.73 Å². The van der Waals surface area contributed by atoms with Gasteiger partial charge in [0, 0.05) is 35.8 Å². The summed E-state index contributed by atoms with van der Waals surface area (Å²) < 4.78 is 0. The van der Waals surface area contributed by atoms with Gasteiger partial charge in [0.1, 0.15) is 0 Å². The van der Waals surface area contributed by atoms with Crippen molar-refractivity contribution in [2.45, 2.75) is 30.9 Å². The summed E-state index contributed by atoms with van der Waals surface area (Å²) in [7, 11) is 0. The molecule has 0 saturated carbocycles. The van der Waals surface area contributed by atoms with Crippen LogP contribution in [0.15, 0.2) is 24.3 Å². The summed E-state index contributed by atoms with van der Waals surface area (Å²) >= 11 is 2.08. The third-order valence-electron chi connectivity index (χ3n) is 2.97. The Labute approximate surface area is 102 Å². The number of benzene rings is 1.